The molecule has 1 aliphatic heterocycles. The van der Waals surface area contributed by atoms with Crippen LogP contribution in [0.5, 0.6) is 0 Å². The Hall–Kier alpha value is -1.29. The van der Waals surface area contributed by atoms with Gasteiger partial charge in [0.1, 0.15) is 5.76 Å². The van der Waals surface area contributed by atoms with E-state index in [4.69, 9.17) is 4.42 Å². The maximum absolute atomic E-state index is 11.5. The van der Waals surface area contributed by atoms with E-state index in [1.165, 1.54) is 12.8 Å². The molecule has 1 unspecified atom stereocenters. The molecule has 4 heteroatoms. The number of amides is 1. The molecule has 4 nitrogen and oxygen atoms in total. The van der Waals surface area contributed by atoms with E-state index >= 15 is 0 Å². The standard InChI is InChI=1S/C15H24N2O2/c1-3-15(18)16-11-13(14-5-4-10-19-14)17-8-6-12(2)7-9-17/h4-5,10,12-13H,3,6-9,11H2,1-2H3,(H,16,18). The van der Waals surface area contributed by atoms with Gasteiger partial charge in [0.2, 0.25) is 5.91 Å². The molecule has 0 aliphatic carbocycles. The first kappa shape index (κ1) is 14.1. The van der Waals surface area contributed by atoms with Crippen molar-refractivity contribution in [2.24, 2.45) is 5.92 Å². The predicted octanol–water partition coefficient (Wildman–Crippen LogP) is 2.58. The first-order valence-corrected chi connectivity index (χ1v) is 7.24. The van der Waals surface area contributed by atoms with Crippen LogP contribution in [0.15, 0.2) is 22.8 Å². The second-order valence-corrected chi connectivity index (χ2v) is 5.41. The fourth-order valence-corrected chi connectivity index (χ4v) is 2.57. The van der Waals surface area contributed by atoms with Crippen molar-refractivity contribution in [2.45, 2.75) is 39.2 Å². The van der Waals surface area contributed by atoms with Crippen LogP contribution in [-0.2, 0) is 4.79 Å². The lowest BCUT2D eigenvalue weighted by molar-refractivity contribution is -0.121. The van der Waals surface area contributed by atoms with Gasteiger partial charge >= 0.3 is 0 Å². The van der Waals surface area contributed by atoms with E-state index in [1.54, 1.807) is 6.26 Å². The maximum Gasteiger partial charge on any atom is 0.219 e. The van der Waals surface area contributed by atoms with Crippen molar-refractivity contribution < 1.29 is 9.21 Å². The average molecular weight is 264 g/mol. The molecule has 1 aliphatic rings. The highest BCUT2D eigenvalue weighted by Gasteiger charge is 2.26. The van der Waals surface area contributed by atoms with E-state index in [0.29, 0.717) is 13.0 Å². The maximum atomic E-state index is 11.5. The first-order chi connectivity index (χ1) is 9.20. The Morgan fingerprint density at radius 3 is 2.84 bits per heavy atom. The van der Waals surface area contributed by atoms with Gasteiger partial charge in [0.25, 0.3) is 0 Å². The van der Waals surface area contributed by atoms with Crippen LogP contribution in [0.1, 0.15) is 44.9 Å². The highest BCUT2D eigenvalue weighted by atomic mass is 16.3. The minimum Gasteiger partial charge on any atom is -0.468 e. The SMILES string of the molecule is CCC(=O)NCC(c1ccco1)N1CCC(C)CC1. The lowest BCUT2D eigenvalue weighted by Crippen LogP contribution is -2.41. The molecule has 19 heavy (non-hydrogen) atoms. The number of hydrogen-bond acceptors (Lipinski definition) is 3. The summed E-state index contributed by atoms with van der Waals surface area (Å²) >= 11 is 0. The van der Waals surface area contributed by atoms with Crippen LogP contribution >= 0.6 is 0 Å². The summed E-state index contributed by atoms with van der Waals surface area (Å²) in [7, 11) is 0. The number of hydrogen-bond donors (Lipinski definition) is 1. The molecule has 0 radical (unpaired) electrons. The highest BCUT2D eigenvalue weighted by molar-refractivity contribution is 5.75. The second-order valence-electron chi connectivity index (χ2n) is 5.41. The molecule has 1 aromatic rings. The molecule has 0 spiro atoms. The van der Waals surface area contributed by atoms with Crippen LogP contribution in [0, 0.1) is 5.92 Å². The smallest absolute Gasteiger partial charge is 0.219 e. The third kappa shape index (κ3) is 3.83. The summed E-state index contributed by atoms with van der Waals surface area (Å²) in [6.45, 7) is 6.97. The van der Waals surface area contributed by atoms with Gasteiger partial charge < -0.3 is 9.73 Å². The molecule has 0 aromatic carbocycles. The Morgan fingerprint density at radius 1 is 1.53 bits per heavy atom. The second kappa shape index (κ2) is 6.75. The number of likely N-dealkylation sites (tertiary alicyclic amines) is 1. The van der Waals surface area contributed by atoms with Crippen LogP contribution in [0.2, 0.25) is 0 Å². The van der Waals surface area contributed by atoms with Gasteiger partial charge in [-0.1, -0.05) is 13.8 Å². The van der Waals surface area contributed by atoms with E-state index in [9.17, 15) is 4.79 Å². The van der Waals surface area contributed by atoms with Crippen LogP contribution < -0.4 is 5.32 Å². The topological polar surface area (TPSA) is 45.5 Å². The first-order valence-electron chi connectivity index (χ1n) is 7.24. The molecule has 1 fully saturated rings. The quantitative estimate of drug-likeness (QED) is 0.889. The van der Waals surface area contributed by atoms with E-state index in [1.807, 2.05) is 19.1 Å². The summed E-state index contributed by atoms with van der Waals surface area (Å²) in [6.07, 6.45) is 4.68. The van der Waals surface area contributed by atoms with Crippen LogP contribution in [0.3, 0.4) is 0 Å². The molecule has 0 saturated carbocycles. The molecule has 2 heterocycles. The zero-order valence-electron chi connectivity index (χ0n) is 11.9. The lowest BCUT2D eigenvalue weighted by Gasteiger charge is -2.35. The van der Waals surface area contributed by atoms with E-state index in [0.717, 1.165) is 24.8 Å². The fraction of sp³-hybridized carbons (Fsp3) is 0.667. The monoisotopic (exact) mass is 264 g/mol. The van der Waals surface area contributed by atoms with E-state index in [-0.39, 0.29) is 11.9 Å². The van der Waals surface area contributed by atoms with Gasteiger partial charge in [-0.25, -0.2) is 0 Å². The van der Waals surface area contributed by atoms with Crippen molar-refractivity contribution in [2.75, 3.05) is 19.6 Å². The molecular formula is C15H24N2O2. The van der Waals surface area contributed by atoms with Crippen LogP contribution in [-0.4, -0.2) is 30.4 Å². The Kier molecular flexibility index (Phi) is 5.02. The summed E-state index contributed by atoms with van der Waals surface area (Å²) in [5.74, 6) is 1.85. The van der Waals surface area contributed by atoms with Crippen molar-refractivity contribution in [1.29, 1.82) is 0 Å². The fourth-order valence-electron chi connectivity index (χ4n) is 2.57. The number of furan rings is 1. The zero-order chi connectivity index (χ0) is 13.7. The minimum absolute atomic E-state index is 0.0990. The van der Waals surface area contributed by atoms with Gasteiger partial charge in [0.05, 0.1) is 12.3 Å². The minimum atomic E-state index is 0.0990. The lowest BCUT2D eigenvalue weighted by atomic mass is 9.97. The molecule has 1 atom stereocenters. The largest absolute Gasteiger partial charge is 0.468 e. The van der Waals surface area contributed by atoms with E-state index in [2.05, 4.69) is 17.1 Å². The predicted molar refractivity (Wildman–Crippen MR) is 74.7 cm³/mol. The van der Waals surface area contributed by atoms with Gasteiger partial charge in [-0.05, 0) is 44.0 Å². The van der Waals surface area contributed by atoms with Gasteiger partial charge in [-0.15, -0.1) is 0 Å². The molecule has 1 N–H and O–H groups in total. The van der Waals surface area contributed by atoms with Gasteiger partial charge in [-0.3, -0.25) is 9.69 Å². The third-order valence-corrected chi connectivity index (χ3v) is 3.94. The molecular weight excluding hydrogens is 240 g/mol. The normalized spacial score (nSPS) is 19.3. The number of piperidine rings is 1. The molecule has 0 bridgehead atoms. The van der Waals surface area contributed by atoms with Crippen molar-refractivity contribution >= 4 is 5.91 Å². The summed E-state index contributed by atoms with van der Waals surface area (Å²) in [4.78, 5) is 13.9. The van der Waals surface area contributed by atoms with Crippen molar-refractivity contribution in [3.8, 4) is 0 Å². The Bertz CT molecular complexity index is 381. The number of rotatable bonds is 5. The number of nitrogens with one attached hydrogen (secondary N) is 1. The Morgan fingerprint density at radius 2 is 2.26 bits per heavy atom. The molecule has 106 valence electrons. The molecule has 2 rings (SSSR count). The summed E-state index contributed by atoms with van der Waals surface area (Å²) in [6, 6.07) is 4.08. The van der Waals surface area contributed by atoms with Crippen molar-refractivity contribution in [3.63, 3.8) is 0 Å². The Labute approximate surface area is 115 Å². The summed E-state index contributed by atoms with van der Waals surface area (Å²) in [5.41, 5.74) is 0. The molecule has 1 amide bonds. The summed E-state index contributed by atoms with van der Waals surface area (Å²) < 4.78 is 5.55. The summed E-state index contributed by atoms with van der Waals surface area (Å²) in [5, 5.41) is 2.99. The third-order valence-electron chi connectivity index (χ3n) is 3.94. The molecule has 1 aromatic heterocycles. The number of carbonyl (C=O) groups is 1. The van der Waals surface area contributed by atoms with E-state index < -0.39 is 0 Å². The van der Waals surface area contributed by atoms with Gasteiger partial charge in [0, 0.05) is 13.0 Å². The van der Waals surface area contributed by atoms with Crippen LogP contribution in [0.4, 0.5) is 0 Å². The molecule has 1 saturated heterocycles. The average Bonchev–Trinajstić information content (AvgIpc) is 2.94. The van der Waals surface area contributed by atoms with Gasteiger partial charge in [-0.2, -0.15) is 0 Å². The highest BCUT2D eigenvalue weighted by Crippen LogP contribution is 2.26. The number of carbonyl (C=O) groups excluding carboxylic acids is 1. The van der Waals surface area contributed by atoms with Crippen molar-refractivity contribution in [1.82, 2.24) is 10.2 Å². The number of nitrogens with zero attached hydrogens (tertiary/aromatic N) is 1. The zero-order valence-corrected chi connectivity index (χ0v) is 11.9. The Balaban J connectivity index is 2.00. The van der Waals surface area contributed by atoms with Crippen molar-refractivity contribution in [3.05, 3.63) is 24.2 Å². The van der Waals surface area contributed by atoms with Gasteiger partial charge in [0.15, 0.2) is 0 Å². The van der Waals surface area contributed by atoms with Crippen LogP contribution in [0.25, 0.3) is 0 Å².